The zero-order valence-electron chi connectivity index (χ0n) is 9.73. The van der Waals surface area contributed by atoms with Crippen molar-refractivity contribution in [3.05, 3.63) is 29.8 Å². The zero-order valence-corrected chi connectivity index (χ0v) is 9.73. The van der Waals surface area contributed by atoms with Crippen molar-refractivity contribution in [2.75, 3.05) is 0 Å². The van der Waals surface area contributed by atoms with Gasteiger partial charge in [-0.2, -0.15) is 5.10 Å². The van der Waals surface area contributed by atoms with Gasteiger partial charge < -0.3 is 0 Å². The maximum Gasteiger partial charge on any atom is 0.0879 e. The summed E-state index contributed by atoms with van der Waals surface area (Å²) < 4.78 is 1.93. The third kappa shape index (κ3) is 1.74. The minimum atomic E-state index is 0.445. The van der Waals surface area contributed by atoms with Crippen molar-refractivity contribution in [3.8, 4) is 0 Å². The average Bonchev–Trinajstić information content (AvgIpc) is 2.59. The normalized spacial score (nSPS) is 11.9. The summed E-state index contributed by atoms with van der Waals surface area (Å²) in [6.07, 6.45) is 5.88. The molecule has 0 spiro atoms. The van der Waals surface area contributed by atoms with E-state index in [4.69, 9.17) is 0 Å². The summed E-state index contributed by atoms with van der Waals surface area (Å²) in [5.74, 6) is 0.940. The Hall–Kier alpha value is -1.38. The Morgan fingerprint density at radius 3 is 2.40 bits per heavy atom. The van der Waals surface area contributed by atoms with Gasteiger partial charge in [0.1, 0.15) is 0 Å². The van der Waals surface area contributed by atoms with Crippen LogP contribution in [0.3, 0.4) is 0 Å². The second-order valence-electron chi connectivity index (χ2n) is 4.55. The number of fused-ring (bicyclic) bond motifs is 1. The molecule has 0 bridgehead atoms. The van der Waals surface area contributed by atoms with Crippen LogP contribution in [0, 0.1) is 0 Å². The smallest absolute Gasteiger partial charge is 0.0879 e. The molecule has 0 aliphatic heterocycles. The topological polar surface area (TPSA) is 30.2 Å². The first-order valence-electron chi connectivity index (χ1n) is 5.42. The summed E-state index contributed by atoms with van der Waals surface area (Å²) in [5, 5.41) is 4.36. The van der Waals surface area contributed by atoms with Gasteiger partial charge in [-0.15, -0.1) is 0 Å². The molecule has 2 rings (SSSR count). The largest absolute Gasteiger partial charge is 0.257 e. The molecule has 0 aliphatic carbocycles. The van der Waals surface area contributed by atoms with Crippen LogP contribution in [-0.4, -0.2) is 14.6 Å². The van der Waals surface area contributed by atoms with Crippen LogP contribution in [0.25, 0.3) is 5.52 Å². The van der Waals surface area contributed by atoms with Gasteiger partial charge in [0, 0.05) is 5.56 Å². The summed E-state index contributed by atoms with van der Waals surface area (Å²) >= 11 is 0. The van der Waals surface area contributed by atoms with Gasteiger partial charge >= 0.3 is 0 Å². The van der Waals surface area contributed by atoms with Crippen molar-refractivity contribution in [1.82, 2.24) is 14.6 Å². The summed E-state index contributed by atoms with van der Waals surface area (Å²) in [7, 11) is 0. The molecule has 0 amide bonds. The molecule has 15 heavy (non-hydrogen) atoms. The molecule has 0 fully saturated rings. The predicted octanol–water partition coefficient (Wildman–Crippen LogP) is 2.98. The second kappa shape index (κ2) is 3.65. The van der Waals surface area contributed by atoms with Gasteiger partial charge in [0.05, 0.1) is 29.8 Å². The number of nitrogens with zero attached hydrogens (tertiary/aromatic N) is 3. The van der Waals surface area contributed by atoms with E-state index in [0.29, 0.717) is 11.8 Å². The number of aromatic nitrogens is 3. The Morgan fingerprint density at radius 1 is 1.07 bits per heavy atom. The van der Waals surface area contributed by atoms with Crippen LogP contribution < -0.4 is 0 Å². The van der Waals surface area contributed by atoms with Gasteiger partial charge in [-0.25, -0.2) is 4.52 Å². The summed E-state index contributed by atoms with van der Waals surface area (Å²) in [6.45, 7) is 8.63. The summed E-state index contributed by atoms with van der Waals surface area (Å²) in [6, 6.07) is 0. The quantitative estimate of drug-likeness (QED) is 0.751. The molecule has 2 aromatic heterocycles. The van der Waals surface area contributed by atoms with Crippen LogP contribution in [-0.2, 0) is 0 Å². The van der Waals surface area contributed by atoms with Crippen molar-refractivity contribution in [2.45, 2.75) is 39.5 Å². The molecule has 0 saturated heterocycles. The highest BCUT2D eigenvalue weighted by Crippen LogP contribution is 2.20. The van der Waals surface area contributed by atoms with E-state index in [-0.39, 0.29) is 0 Å². The van der Waals surface area contributed by atoms with E-state index in [1.165, 1.54) is 5.56 Å². The molecule has 0 radical (unpaired) electrons. The number of rotatable bonds is 2. The molecule has 0 saturated carbocycles. The molecule has 0 aromatic carbocycles. The first-order chi connectivity index (χ1) is 7.09. The fourth-order valence-electron chi connectivity index (χ4n) is 1.66. The van der Waals surface area contributed by atoms with Gasteiger partial charge in [0.2, 0.25) is 0 Å². The minimum absolute atomic E-state index is 0.445. The Bertz CT molecular complexity index is 469. The zero-order chi connectivity index (χ0) is 11.0. The van der Waals surface area contributed by atoms with Gasteiger partial charge in [-0.3, -0.25) is 4.98 Å². The molecule has 2 aromatic rings. The third-order valence-corrected chi connectivity index (χ3v) is 2.67. The first-order valence-corrected chi connectivity index (χ1v) is 5.42. The SMILES string of the molecule is CC(C)c1cn2ncc(C(C)C)c2cn1. The van der Waals surface area contributed by atoms with E-state index in [2.05, 4.69) is 37.8 Å². The molecule has 80 valence electrons. The molecule has 0 unspecified atom stereocenters. The lowest BCUT2D eigenvalue weighted by molar-refractivity contribution is 0.792. The highest BCUT2D eigenvalue weighted by atomic mass is 15.2. The molecule has 0 N–H and O–H groups in total. The maximum absolute atomic E-state index is 4.46. The molecular formula is C12H17N3. The molecule has 0 atom stereocenters. The highest BCUT2D eigenvalue weighted by Gasteiger charge is 2.09. The van der Waals surface area contributed by atoms with E-state index in [1.54, 1.807) is 0 Å². The lowest BCUT2D eigenvalue weighted by Gasteiger charge is -2.05. The van der Waals surface area contributed by atoms with Crippen molar-refractivity contribution in [3.63, 3.8) is 0 Å². The van der Waals surface area contributed by atoms with E-state index < -0.39 is 0 Å². The highest BCUT2D eigenvalue weighted by molar-refractivity contribution is 5.53. The Morgan fingerprint density at radius 2 is 1.80 bits per heavy atom. The predicted molar refractivity (Wildman–Crippen MR) is 61.2 cm³/mol. The average molecular weight is 203 g/mol. The van der Waals surface area contributed by atoms with Crippen molar-refractivity contribution >= 4 is 5.52 Å². The molecule has 2 heterocycles. The van der Waals surface area contributed by atoms with E-state index in [0.717, 1.165) is 11.2 Å². The Balaban J connectivity index is 2.57. The summed E-state index contributed by atoms with van der Waals surface area (Å²) in [4.78, 5) is 4.46. The number of hydrogen-bond donors (Lipinski definition) is 0. The molecular weight excluding hydrogens is 186 g/mol. The van der Waals surface area contributed by atoms with Crippen molar-refractivity contribution in [1.29, 1.82) is 0 Å². The van der Waals surface area contributed by atoms with E-state index >= 15 is 0 Å². The Kier molecular flexibility index (Phi) is 2.47. The fourth-order valence-corrected chi connectivity index (χ4v) is 1.66. The van der Waals surface area contributed by atoms with Gasteiger partial charge in [-0.1, -0.05) is 27.7 Å². The van der Waals surface area contributed by atoms with Gasteiger partial charge in [0.25, 0.3) is 0 Å². The van der Waals surface area contributed by atoms with Gasteiger partial charge in [-0.05, 0) is 11.8 Å². The molecule has 0 aliphatic rings. The van der Waals surface area contributed by atoms with Crippen LogP contribution >= 0.6 is 0 Å². The van der Waals surface area contributed by atoms with Gasteiger partial charge in [0.15, 0.2) is 0 Å². The monoisotopic (exact) mass is 203 g/mol. The lowest BCUT2D eigenvalue weighted by Crippen LogP contribution is -1.98. The summed E-state index contributed by atoms with van der Waals surface area (Å²) in [5.41, 5.74) is 3.47. The standard InChI is InChI=1S/C12H17N3/c1-8(2)10-5-14-15-7-11(9(3)4)13-6-12(10)15/h5-9H,1-4H3. The first kappa shape index (κ1) is 10.1. The molecule has 3 heteroatoms. The van der Waals surface area contributed by atoms with E-state index in [9.17, 15) is 0 Å². The second-order valence-corrected chi connectivity index (χ2v) is 4.55. The van der Waals surface area contributed by atoms with Crippen LogP contribution in [0.15, 0.2) is 18.6 Å². The van der Waals surface area contributed by atoms with Crippen molar-refractivity contribution in [2.24, 2.45) is 0 Å². The van der Waals surface area contributed by atoms with Crippen molar-refractivity contribution < 1.29 is 0 Å². The van der Waals surface area contributed by atoms with Crippen LogP contribution in [0.2, 0.25) is 0 Å². The third-order valence-electron chi connectivity index (χ3n) is 2.67. The molecule has 3 nitrogen and oxygen atoms in total. The maximum atomic E-state index is 4.46. The number of hydrogen-bond acceptors (Lipinski definition) is 2. The lowest BCUT2D eigenvalue weighted by atomic mass is 10.1. The van der Waals surface area contributed by atoms with Crippen LogP contribution in [0.4, 0.5) is 0 Å². The van der Waals surface area contributed by atoms with Crippen LogP contribution in [0.1, 0.15) is 50.8 Å². The minimum Gasteiger partial charge on any atom is -0.257 e. The Labute approximate surface area is 90.1 Å². The fraction of sp³-hybridized carbons (Fsp3) is 0.500. The van der Waals surface area contributed by atoms with E-state index in [1.807, 2.05) is 23.1 Å². The van der Waals surface area contributed by atoms with Crippen LogP contribution in [0.5, 0.6) is 0 Å².